The van der Waals surface area contributed by atoms with Crippen LogP contribution in [-0.4, -0.2) is 9.30 Å². The van der Waals surface area contributed by atoms with E-state index in [4.69, 9.17) is 11.6 Å². The highest BCUT2D eigenvalue weighted by atomic mass is 35.5. The van der Waals surface area contributed by atoms with Crippen LogP contribution in [0.1, 0.15) is 0 Å². The van der Waals surface area contributed by atoms with E-state index in [2.05, 4.69) is 4.37 Å². The van der Waals surface area contributed by atoms with Crippen molar-refractivity contribution in [1.82, 2.24) is 4.37 Å². The van der Waals surface area contributed by atoms with Gasteiger partial charge in [0, 0.05) is 0 Å². The lowest BCUT2D eigenvalue weighted by atomic mass is 10.6. The highest BCUT2D eigenvalue weighted by molar-refractivity contribution is 7.04. The fourth-order valence-corrected chi connectivity index (χ4v) is 1.18. The van der Waals surface area contributed by atoms with Crippen molar-refractivity contribution in [3.8, 4) is 0 Å². The molecule has 1 heterocycles. The quantitative estimate of drug-likeness (QED) is 0.469. The van der Waals surface area contributed by atoms with Gasteiger partial charge in [0.25, 0.3) is 0 Å². The first-order valence-corrected chi connectivity index (χ1v) is 3.17. The van der Waals surface area contributed by atoms with E-state index in [0.717, 1.165) is 11.5 Å². The molecule has 48 valence electrons. The molecule has 0 spiro atoms. The van der Waals surface area contributed by atoms with Gasteiger partial charge in [-0.05, 0) is 11.5 Å². The van der Waals surface area contributed by atoms with Crippen molar-refractivity contribution in [1.29, 1.82) is 0 Å². The van der Waals surface area contributed by atoms with Gasteiger partial charge in [-0.3, -0.25) is 10.1 Å². The second-order valence-electron chi connectivity index (χ2n) is 1.25. The van der Waals surface area contributed by atoms with Gasteiger partial charge in [-0.2, -0.15) is 4.37 Å². The maximum Gasteiger partial charge on any atom is 0.318 e. The van der Waals surface area contributed by atoms with Gasteiger partial charge in [0.05, 0.1) is 10.3 Å². The van der Waals surface area contributed by atoms with Gasteiger partial charge in [0.1, 0.15) is 0 Å². The molecule has 4 nitrogen and oxygen atoms in total. The highest BCUT2D eigenvalue weighted by Crippen LogP contribution is 2.23. The van der Waals surface area contributed by atoms with E-state index in [1.807, 2.05) is 0 Å². The zero-order chi connectivity index (χ0) is 6.85. The summed E-state index contributed by atoms with van der Waals surface area (Å²) in [7, 11) is 0. The molecule has 0 saturated heterocycles. The van der Waals surface area contributed by atoms with Crippen molar-refractivity contribution >= 4 is 28.8 Å². The molecule has 0 amide bonds. The van der Waals surface area contributed by atoms with Gasteiger partial charge in [-0.15, -0.1) is 0 Å². The van der Waals surface area contributed by atoms with Gasteiger partial charge in [0.2, 0.25) is 5.15 Å². The Morgan fingerprint density at radius 3 is 2.78 bits per heavy atom. The Balaban J connectivity index is 3.08. The van der Waals surface area contributed by atoms with Crippen molar-refractivity contribution in [2.75, 3.05) is 0 Å². The third kappa shape index (κ3) is 1.17. The number of hydrogen-bond donors (Lipinski definition) is 0. The van der Waals surface area contributed by atoms with E-state index in [0.29, 0.717) is 0 Å². The molecule has 0 radical (unpaired) electrons. The van der Waals surface area contributed by atoms with E-state index in [9.17, 15) is 10.1 Å². The Morgan fingerprint density at radius 2 is 2.56 bits per heavy atom. The van der Waals surface area contributed by atoms with Gasteiger partial charge in [0.15, 0.2) is 0 Å². The maximum absolute atomic E-state index is 9.97. The predicted molar refractivity (Wildman–Crippen MR) is 33.8 cm³/mol. The fraction of sp³-hybridized carbons (Fsp3) is 0. The SMILES string of the molecule is O=[N+]([O-])c1csnc1Cl. The van der Waals surface area contributed by atoms with Crippen LogP contribution in [0.3, 0.4) is 0 Å². The first-order valence-electron chi connectivity index (χ1n) is 1.96. The Kier molecular flexibility index (Phi) is 1.63. The van der Waals surface area contributed by atoms with Crippen molar-refractivity contribution < 1.29 is 4.92 Å². The summed E-state index contributed by atoms with van der Waals surface area (Å²) in [5.41, 5.74) is -0.123. The molecule has 0 aliphatic heterocycles. The number of halogens is 1. The van der Waals surface area contributed by atoms with Crippen LogP contribution in [0, 0.1) is 10.1 Å². The van der Waals surface area contributed by atoms with Crippen molar-refractivity contribution in [3.05, 3.63) is 20.6 Å². The molecule has 1 aromatic heterocycles. The summed E-state index contributed by atoms with van der Waals surface area (Å²) in [4.78, 5) is 9.41. The minimum Gasteiger partial charge on any atom is -0.258 e. The summed E-state index contributed by atoms with van der Waals surface area (Å²) in [5, 5.41) is 11.2. The summed E-state index contributed by atoms with van der Waals surface area (Å²) in [6, 6.07) is 0. The van der Waals surface area contributed by atoms with E-state index in [1.54, 1.807) is 0 Å². The van der Waals surface area contributed by atoms with Gasteiger partial charge >= 0.3 is 5.69 Å². The Bertz CT molecular complexity index is 235. The van der Waals surface area contributed by atoms with Crippen LogP contribution in [0.15, 0.2) is 5.38 Å². The number of rotatable bonds is 1. The van der Waals surface area contributed by atoms with Crippen LogP contribution >= 0.6 is 23.1 Å². The molecule has 0 atom stereocenters. The third-order valence-corrected chi connectivity index (χ3v) is 1.70. The minimum absolute atomic E-state index is 0.0370. The van der Waals surface area contributed by atoms with E-state index >= 15 is 0 Å². The Labute approximate surface area is 59.4 Å². The molecule has 0 aliphatic carbocycles. The monoisotopic (exact) mass is 164 g/mol. The predicted octanol–water partition coefficient (Wildman–Crippen LogP) is 1.70. The maximum atomic E-state index is 9.97. The topological polar surface area (TPSA) is 56.0 Å². The minimum atomic E-state index is -0.564. The van der Waals surface area contributed by atoms with Crippen molar-refractivity contribution in [3.63, 3.8) is 0 Å². The average Bonchev–Trinajstić information content (AvgIpc) is 2.13. The molecule has 0 bridgehead atoms. The summed E-state index contributed by atoms with van der Waals surface area (Å²) in [5.74, 6) is 0. The summed E-state index contributed by atoms with van der Waals surface area (Å²) in [6.07, 6.45) is 0. The summed E-state index contributed by atoms with van der Waals surface area (Å²) < 4.78 is 3.50. The normalized spacial score (nSPS) is 9.44. The molecular formula is C3HClN2O2S. The lowest BCUT2D eigenvalue weighted by Gasteiger charge is -1.80. The number of nitro groups is 1. The van der Waals surface area contributed by atoms with Crippen LogP contribution in [0.2, 0.25) is 5.15 Å². The molecule has 1 rings (SSSR count). The molecule has 0 unspecified atom stereocenters. The van der Waals surface area contributed by atoms with Gasteiger partial charge in [-0.1, -0.05) is 11.6 Å². The molecule has 6 heteroatoms. The summed E-state index contributed by atoms with van der Waals surface area (Å²) in [6.45, 7) is 0. The van der Waals surface area contributed by atoms with E-state index in [1.165, 1.54) is 5.38 Å². The zero-order valence-corrected chi connectivity index (χ0v) is 5.65. The largest absolute Gasteiger partial charge is 0.318 e. The first kappa shape index (κ1) is 6.44. The second-order valence-corrected chi connectivity index (χ2v) is 2.23. The highest BCUT2D eigenvalue weighted by Gasteiger charge is 2.13. The molecule has 0 aromatic carbocycles. The molecular weight excluding hydrogens is 164 g/mol. The van der Waals surface area contributed by atoms with Crippen LogP contribution in [0.4, 0.5) is 5.69 Å². The smallest absolute Gasteiger partial charge is 0.258 e. The fourth-order valence-electron chi connectivity index (χ4n) is 0.336. The summed E-state index contributed by atoms with van der Waals surface area (Å²) >= 11 is 6.26. The lowest BCUT2D eigenvalue weighted by molar-refractivity contribution is -0.384. The number of aromatic nitrogens is 1. The first-order chi connectivity index (χ1) is 4.22. The molecule has 1 aromatic rings. The lowest BCUT2D eigenvalue weighted by Crippen LogP contribution is -1.84. The van der Waals surface area contributed by atoms with Crippen molar-refractivity contribution in [2.45, 2.75) is 0 Å². The molecule has 0 N–H and O–H groups in total. The van der Waals surface area contributed by atoms with Gasteiger partial charge in [-0.25, -0.2) is 0 Å². The van der Waals surface area contributed by atoms with Gasteiger partial charge < -0.3 is 0 Å². The average molecular weight is 165 g/mol. The molecule has 0 aliphatic rings. The second kappa shape index (κ2) is 2.28. The number of hydrogen-bond acceptors (Lipinski definition) is 4. The third-order valence-electron chi connectivity index (χ3n) is 0.705. The molecule has 9 heavy (non-hydrogen) atoms. The standard InChI is InChI=1S/C3HClN2O2S/c4-3-2(6(7)8)1-9-5-3/h1H. The molecule has 0 fully saturated rings. The zero-order valence-electron chi connectivity index (χ0n) is 4.07. The van der Waals surface area contributed by atoms with Crippen molar-refractivity contribution in [2.24, 2.45) is 0 Å². The van der Waals surface area contributed by atoms with Crippen LogP contribution in [0.25, 0.3) is 0 Å². The van der Waals surface area contributed by atoms with Crippen LogP contribution < -0.4 is 0 Å². The molecule has 0 saturated carbocycles. The Hall–Kier alpha value is -0.680. The number of nitrogens with zero attached hydrogens (tertiary/aromatic N) is 2. The van der Waals surface area contributed by atoms with E-state index < -0.39 is 4.92 Å². The van der Waals surface area contributed by atoms with Crippen LogP contribution in [0.5, 0.6) is 0 Å². The van der Waals surface area contributed by atoms with Crippen LogP contribution in [-0.2, 0) is 0 Å². The Morgan fingerprint density at radius 1 is 1.89 bits per heavy atom. The van der Waals surface area contributed by atoms with E-state index in [-0.39, 0.29) is 10.8 Å².